The minimum absolute atomic E-state index is 0.0162. The van der Waals surface area contributed by atoms with Crippen molar-refractivity contribution in [1.29, 1.82) is 0 Å². The Kier molecular flexibility index (Phi) is 6.92. The zero-order chi connectivity index (χ0) is 28.6. The lowest BCUT2D eigenvalue weighted by Gasteiger charge is -2.13. The Morgan fingerprint density at radius 1 is 0.878 bits per heavy atom. The molecule has 0 aliphatic heterocycles. The van der Waals surface area contributed by atoms with Crippen LogP contribution < -0.4 is 11.1 Å². The molecule has 0 aliphatic rings. The van der Waals surface area contributed by atoms with E-state index in [1.54, 1.807) is 65.5 Å². The first-order valence-electron chi connectivity index (χ1n) is 12.7. The maximum atomic E-state index is 14.0. The Labute approximate surface area is 234 Å². The maximum absolute atomic E-state index is 14.0. The third-order valence-electron chi connectivity index (χ3n) is 6.83. The van der Waals surface area contributed by atoms with Gasteiger partial charge in [0.05, 0.1) is 35.9 Å². The highest BCUT2D eigenvalue weighted by atomic mass is 31.2. The molecular weight excluding hydrogens is 543 g/mol. The number of nitrogens with zero attached hydrogens (tertiary/aromatic N) is 6. The van der Waals surface area contributed by atoms with E-state index < -0.39 is 19.1 Å². The molecule has 0 bridgehead atoms. The number of rotatable bonds is 9. The van der Waals surface area contributed by atoms with Crippen molar-refractivity contribution >= 4 is 35.2 Å². The lowest BCUT2D eigenvalue weighted by Crippen LogP contribution is -2.29. The second-order valence-electron chi connectivity index (χ2n) is 9.30. The Morgan fingerprint density at radius 2 is 1.54 bits per heavy atom. The van der Waals surface area contributed by atoms with Gasteiger partial charge in [-0.1, -0.05) is 84.1 Å². The highest BCUT2D eigenvalue weighted by Crippen LogP contribution is 2.46. The largest absolute Gasteiger partial charge is 0.381 e. The molecule has 206 valence electrons. The predicted octanol–water partition coefficient (Wildman–Crippen LogP) is 3.68. The van der Waals surface area contributed by atoms with Crippen molar-refractivity contribution in [3.63, 3.8) is 0 Å². The third-order valence-corrected chi connectivity index (χ3v) is 8.62. The number of carbonyl (C=O) groups is 1. The second-order valence-corrected chi connectivity index (χ2v) is 11.4. The Balaban J connectivity index is 1.55. The molecule has 6 rings (SSSR count). The van der Waals surface area contributed by atoms with E-state index in [-0.39, 0.29) is 23.1 Å². The van der Waals surface area contributed by atoms with Crippen LogP contribution in [0.4, 0.5) is 0 Å². The van der Waals surface area contributed by atoms with Crippen molar-refractivity contribution in [2.45, 2.75) is 13.1 Å². The van der Waals surface area contributed by atoms with Crippen LogP contribution in [0.15, 0.2) is 95.9 Å². The number of ketones is 1. The summed E-state index contributed by atoms with van der Waals surface area (Å²) in [5, 5.41) is 13.5. The fraction of sp³-hybridized carbons (Fsp3) is 0.138. The van der Waals surface area contributed by atoms with Gasteiger partial charge in [-0.3, -0.25) is 13.9 Å². The van der Waals surface area contributed by atoms with E-state index in [1.165, 1.54) is 18.8 Å². The summed E-state index contributed by atoms with van der Waals surface area (Å²) in [6.07, 6.45) is 1.78. The molecule has 41 heavy (non-hydrogen) atoms. The van der Waals surface area contributed by atoms with E-state index >= 15 is 0 Å². The minimum Gasteiger partial charge on any atom is -0.307 e. The highest BCUT2D eigenvalue weighted by Gasteiger charge is 2.37. The highest BCUT2D eigenvalue weighted by molar-refractivity contribution is 7.62. The van der Waals surface area contributed by atoms with E-state index in [9.17, 15) is 14.2 Å². The number of para-hydroxylation sites is 1. The first-order chi connectivity index (χ1) is 19.9. The standard InChI is InChI=1S/C29H25N6O5P/c1-39-41(38,40-2)28-25(27(36)21-13-7-4-8-14-21)26-23-15-9-10-16-24(23)34(29(37)35(26)31-28)19-22-18-33(32-30-22)17-20-11-5-3-6-12-20/h3-16,18H,17,19H2,1-2H3. The lowest BCUT2D eigenvalue weighted by molar-refractivity contribution is 0.104. The average Bonchev–Trinajstić information content (AvgIpc) is 3.64. The zero-order valence-corrected chi connectivity index (χ0v) is 23.1. The summed E-state index contributed by atoms with van der Waals surface area (Å²) in [6, 6.07) is 25.5. The van der Waals surface area contributed by atoms with Gasteiger partial charge in [-0.25, -0.2) is 9.48 Å². The molecule has 3 heterocycles. The number of hydrogen-bond acceptors (Lipinski definition) is 8. The van der Waals surface area contributed by atoms with Crippen molar-refractivity contribution in [2.24, 2.45) is 0 Å². The first kappa shape index (κ1) is 26.5. The molecule has 0 fully saturated rings. The SMILES string of the molecule is COP(=O)(OC)c1nn2c(=O)n(Cc3cn(Cc4ccccc4)nn3)c3ccccc3c2c1C(=O)c1ccccc1. The molecule has 0 radical (unpaired) electrons. The predicted molar refractivity (Wildman–Crippen MR) is 153 cm³/mol. The van der Waals surface area contributed by atoms with Gasteiger partial charge in [-0.2, -0.15) is 9.61 Å². The summed E-state index contributed by atoms with van der Waals surface area (Å²) in [6.45, 7) is 0.618. The van der Waals surface area contributed by atoms with Gasteiger partial charge >= 0.3 is 13.3 Å². The summed E-state index contributed by atoms with van der Waals surface area (Å²) in [7, 11) is -1.64. The van der Waals surface area contributed by atoms with Crippen LogP contribution in [0.5, 0.6) is 0 Å². The molecular formula is C29H25N6O5P. The summed E-state index contributed by atoms with van der Waals surface area (Å²) < 4.78 is 28.4. The van der Waals surface area contributed by atoms with E-state index in [4.69, 9.17) is 9.05 Å². The lowest BCUT2D eigenvalue weighted by atomic mass is 10.0. The van der Waals surface area contributed by atoms with Crippen molar-refractivity contribution in [2.75, 3.05) is 14.2 Å². The molecule has 0 amide bonds. The van der Waals surface area contributed by atoms with E-state index in [2.05, 4.69) is 15.4 Å². The molecule has 0 unspecified atom stereocenters. The van der Waals surface area contributed by atoms with Crippen LogP contribution in [0, 0.1) is 0 Å². The molecule has 3 aromatic carbocycles. The molecule has 0 saturated heterocycles. The van der Waals surface area contributed by atoms with Crippen molar-refractivity contribution in [3.05, 3.63) is 124 Å². The van der Waals surface area contributed by atoms with Gasteiger partial charge < -0.3 is 9.05 Å². The third kappa shape index (κ3) is 4.70. The number of carbonyl (C=O) groups excluding carboxylic acids is 1. The zero-order valence-electron chi connectivity index (χ0n) is 22.2. The number of benzene rings is 3. The molecule has 0 atom stereocenters. The number of fused-ring (bicyclic) bond motifs is 3. The van der Waals surface area contributed by atoms with E-state index in [1.807, 2.05) is 30.3 Å². The van der Waals surface area contributed by atoms with Crippen LogP contribution in [0.25, 0.3) is 16.4 Å². The molecule has 0 spiro atoms. The van der Waals surface area contributed by atoms with Crippen LogP contribution in [-0.4, -0.2) is 49.2 Å². The summed E-state index contributed by atoms with van der Waals surface area (Å²) in [4.78, 5) is 27.9. The Hall–Kier alpha value is -4.70. The van der Waals surface area contributed by atoms with Crippen molar-refractivity contribution in [3.8, 4) is 0 Å². The van der Waals surface area contributed by atoms with Crippen LogP contribution >= 0.6 is 7.60 Å². The van der Waals surface area contributed by atoms with Gasteiger partial charge in [0.15, 0.2) is 11.2 Å². The molecule has 0 saturated carbocycles. The molecule has 0 N–H and O–H groups in total. The van der Waals surface area contributed by atoms with Gasteiger partial charge in [0, 0.05) is 25.2 Å². The summed E-state index contributed by atoms with van der Waals surface area (Å²) >= 11 is 0. The van der Waals surface area contributed by atoms with Crippen LogP contribution in [0.2, 0.25) is 0 Å². The van der Waals surface area contributed by atoms with Gasteiger partial charge in [-0.15, -0.1) is 5.10 Å². The first-order valence-corrected chi connectivity index (χ1v) is 14.3. The maximum Gasteiger partial charge on any atom is 0.381 e. The van der Waals surface area contributed by atoms with Gasteiger partial charge in [0.2, 0.25) is 0 Å². The monoisotopic (exact) mass is 568 g/mol. The summed E-state index contributed by atoms with van der Waals surface area (Å²) in [5.41, 5.74) is 1.92. The Morgan fingerprint density at radius 3 is 2.24 bits per heavy atom. The van der Waals surface area contributed by atoms with E-state index in [0.29, 0.717) is 28.7 Å². The van der Waals surface area contributed by atoms with Crippen LogP contribution in [-0.2, 0) is 26.7 Å². The second kappa shape index (κ2) is 10.7. The quantitative estimate of drug-likeness (QED) is 0.191. The van der Waals surface area contributed by atoms with Gasteiger partial charge in [0.25, 0.3) is 0 Å². The normalized spacial score (nSPS) is 11.9. The fourth-order valence-corrected chi connectivity index (χ4v) is 6.05. The molecule has 0 aliphatic carbocycles. The smallest absolute Gasteiger partial charge is 0.307 e. The van der Waals surface area contributed by atoms with Crippen molar-refractivity contribution in [1.82, 2.24) is 29.2 Å². The minimum atomic E-state index is -4.05. The summed E-state index contributed by atoms with van der Waals surface area (Å²) in [5.74, 6) is -0.462. The van der Waals surface area contributed by atoms with Crippen molar-refractivity contribution < 1.29 is 18.4 Å². The molecule has 3 aromatic heterocycles. The molecule has 11 nitrogen and oxygen atoms in total. The average molecular weight is 569 g/mol. The molecule has 6 aromatic rings. The topological polar surface area (TPSA) is 123 Å². The van der Waals surface area contributed by atoms with E-state index in [0.717, 1.165) is 10.1 Å². The fourth-order valence-electron chi connectivity index (χ4n) is 4.88. The number of aromatic nitrogens is 6. The van der Waals surface area contributed by atoms with Crippen LogP contribution in [0.1, 0.15) is 27.2 Å². The number of hydrogen-bond donors (Lipinski definition) is 0. The molecule has 12 heteroatoms. The van der Waals surface area contributed by atoms with Crippen LogP contribution in [0.3, 0.4) is 0 Å². The van der Waals surface area contributed by atoms with Gasteiger partial charge in [-0.05, 0) is 11.6 Å². The van der Waals surface area contributed by atoms with Gasteiger partial charge in [0.1, 0.15) is 5.69 Å². The Bertz CT molecular complexity index is 1990.